The zero-order valence-electron chi connectivity index (χ0n) is 23.8. The molecule has 0 atom stereocenters. The molecule has 0 amide bonds. The lowest BCUT2D eigenvalue weighted by atomic mass is 9.96. The van der Waals surface area contributed by atoms with Crippen LogP contribution in [-0.2, 0) is 0 Å². The van der Waals surface area contributed by atoms with E-state index in [2.05, 4.69) is 193 Å². The molecule has 0 aliphatic carbocycles. The minimum Gasteiger partial charge on any atom is -0.310 e. The maximum absolute atomic E-state index is 2.36. The van der Waals surface area contributed by atoms with Gasteiger partial charge in [-0.2, -0.15) is 0 Å². The summed E-state index contributed by atoms with van der Waals surface area (Å²) in [6.45, 7) is 0. The summed E-state index contributed by atoms with van der Waals surface area (Å²) in [5.74, 6) is 0. The molecular formula is C42H31N. The largest absolute Gasteiger partial charge is 0.310 e. The second kappa shape index (κ2) is 12.1. The van der Waals surface area contributed by atoms with Gasteiger partial charge in [-0.25, -0.2) is 0 Å². The zero-order chi connectivity index (χ0) is 28.8. The Hall–Kier alpha value is -5.66. The van der Waals surface area contributed by atoms with Crippen LogP contribution in [-0.4, -0.2) is 0 Å². The summed E-state index contributed by atoms with van der Waals surface area (Å²) >= 11 is 0. The quantitative estimate of drug-likeness (QED) is 0.191. The topological polar surface area (TPSA) is 3.24 Å². The Balaban J connectivity index is 1.38. The fraction of sp³-hybridized carbons (Fsp3) is 0. The minimum absolute atomic E-state index is 1.11. The van der Waals surface area contributed by atoms with Gasteiger partial charge in [-0.3, -0.25) is 0 Å². The van der Waals surface area contributed by atoms with Crippen molar-refractivity contribution in [1.29, 1.82) is 0 Å². The van der Waals surface area contributed by atoms with Crippen LogP contribution in [0, 0.1) is 0 Å². The van der Waals surface area contributed by atoms with E-state index >= 15 is 0 Å². The second-order valence-corrected chi connectivity index (χ2v) is 10.7. The van der Waals surface area contributed by atoms with E-state index in [1.165, 1.54) is 44.5 Å². The smallest absolute Gasteiger partial charge is 0.0473 e. The van der Waals surface area contributed by atoms with E-state index in [4.69, 9.17) is 0 Å². The Kier molecular flexibility index (Phi) is 7.36. The molecule has 1 nitrogen and oxygen atoms in total. The first-order valence-electron chi connectivity index (χ1n) is 14.7. The highest BCUT2D eigenvalue weighted by atomic mass is 15.1. The van der Waals surface area contributed by atoms with Crippen molar-refractivity contribution in [2.45, 2.75) is 0 Å². The van der Waals surface area contributed by atoms with Gasteiger partial charge in [0.1, 0.15) is 0 Å². The lowest BCUT2D eigenvalue weighted by Crippen LogP contribution is -2.10. The van der Waals surface area contributed by atoms with Gasteiger partial charge >= 0.3 is 0 Å². The number of para-hydroxylation sites is 1. The van der Waals surface area contributed by atoms with Crippen LogP contribution in [0.4, 0.5) is 17.1 Å². The summed E-state index contributed by atoms with van der Waals surface area (Å²) in [5, 5.41) is 0. The van der Waals surface area contributed by atoms with E-state index in [0.29, 0.717) is 0 Å². The molecule has 7 rings (SSSR count). The van der Waals surface area contributed by atoms with E-state index in [0.717, 1.165) is 17.1 Å². The summed E-state index contributed by atoms with van der Waals surface area (Å²) in [6, 6.07) is 67.1. The highest BCUT2D eigenvalue weighted by Gasteiger charge is 2.16. The van der Waals surface area contributed by atoms with Crippen LogP contribution in [0.25, 0.3) is 44.5 Å². The number of benzene rings is 7. The number of rotatable bonds is 7. The number of hydrogen-bond acceptors (Lipinski definition) is 1. The number of hydrogen-bond donors (Lipinski definition) is 0. The molecule has 0 N–H and O–H groups in total. The molecule has 0 unspecified atom stereocenters. The fourth-order valence-electron chi connectivity index (χ4n) is 5.69. The summed E-state index contributed by atoms with van der Waals surface area (Å²) in [7, 11) is 0. The van der Waals surface area contributed by atoms with Gasteiger partial charge in [0.25, 0.3) is 0 Å². The van der Waals surface area contributed by atoms with Gasteiger partial charge in [0.05, 0.1) is 0 Å². The van der Waals surface area contributed by atoms with Gasteiger partial charge in [0.15, 0.2) is 0 Å². The third-order valence-corrected chi connectivity index (χ3v) is 7.81. The van der Waals surface area contributed by atoms with Gasteiger partial charge in [-0.1, -0.05) is 140 Å². The highest BCUT2D eigenvalue weighted by molar-refractivity contribution is 5.86. The van der Waals surface area contributed by atoms with Crippen LogP contribution in [0.3, 0.4) is 0 Å². The van der Waals surface area contributed by atoms with E-state index in [-0.39, 0.29) is 0 Å². The molecule has 1 heteroatoms. The molecule has 7 aromatic carbocycles. The fourth-order valence-corrected chi connectivity index (χ4v) is 5.69. The van der Waals surface area contributed by atoms with Gasteiger partial charge in [-0.15, -0.1) is 0 Å². The normalized spacial score (nSPS) is 10.8. The van der Waals surface area contributed by atoms with Crippen LogP contribution in [0.2, 0.25) is 0 Å². The van der Waals surface area contributed by atoms with E-state index in [9.17, 15) is 0 Å². The van der Waals surface area contributed by atoms with Gasteiger partial charge in [0.2, 0.25) is 0 Å². The van der Waals surface area contributed by atoms with Gasteiger partial charge in [0, 0.05) is 17.1 Å². The maximum Gasteiger partial charge on any atom is 0.0473 e. The molecule has 0 aliphatic rings. The highest BCUT2D eigenvalue weighted by Crippen LogP contribution is 2.40. The van der Waals surface area contributed by atoms with Crippen molar-refractivity contribution in [1.82, 2.24) is 0 Å². The van der Waals surface area contributed by atoms with Crippen molar-refractivity contribution in [3.63, 3.8) is 0 Å². The predicted octanol–water partition coefficient (Wildman–Crippen LogP) is 11.8. The predicted molar refractivity (Wildman–Crippen MR) is 183 cm³/mol. The third kappa shape index (κ3) is 5.75. The first kappa shape index (κ1) is 26.3. The SMILES string of the molecule is c1ccc(-c2cccc(-c3cccc(N(c4ccccc4)c4cc(-c5ccccc5)cc(-c5ccccc5)c4)c3)c2)cc1. The second-order valence-electron chi connectivity index (χ2n) is 10.7. The zero-order valence-corrected chi connectivity index (χ0v) is 23.8. The Labute approximate surface area is 254 Å². The number of anilines is 3. The molecule has 0 heterocycles. The summed E-state index contributed by atoms with van der Waals surface area (Å²) in [4.78, 5) is 2.36. The lowest BCUT2D eigenvalue weighted by Gasteiger charge is -2.27. The van der Waals surface area contributed by atoms with Crippen LogP contribution < -0.4 is 4.90 Å². The summed E-state index contributed by atoms with van der Waals surface area (Å²) in [5.41, 5.74) is 12.9. The minimum atomic E-state index is 1.11. The van der Waals surface area contributed by atoms with E-state index in [1.807, 2.05) is 0 Å². The van der Waals surface area contributed by atoms with Crippen molar-refractivity contribution in [3.8, 4) is 44.5 Å². The van der Waals surface area contributed by atoms with Crippen LogP contribution in [0.15, 0.2) is 188 Å². The Morgan fingerprint density at radius 2 is 0.535 bits per heavy atom. The van der Waals surface area contributed by atoms with Crippen molar-refractivity contribution in [2.75, 3.05) is 4.90 Å². The molecule has 43 heavy (non-hydrogen) atoms. The molecule has 0 bridgehead atoms. The average molecular weight is 550 g/mol. The molecule has 0 spiro atoms. The molecule has 0 aliphatic heterocycles. The van der Waals surface area contributed by atoms with Crippen molar-refractivity contribution < 1.29 is 0 Å². The first-order valence-corrected chi connectivity index (χ1v) is 14.7. The first-order chi connectivity index (χ1) is 21.3. The Bertz CT molecular complexity index is 1890. The molecule has 0 radical (unpaired) electrons. The van der Waals surface area contributed by atoms with Crippen molar-refractivity contribution >= 4 is 17.1 Å². The summed E-state index contributed by atoms with van der Waals surface area (Å²) in [6.07, 6.45) is 0. The van der Waals surface area contributed by atoms with Crippen LogP contribution >= 0.6 is 0 Å². The molecule has 0 saturated carbocycles. The van der Waals surface area contributed by atoms with E-state index in [1.54, 1.807) is 0 Å². The van der Waals surface area contributed by atoms with Gasteiger partial charge in [-0.05, 0) is 93.0 Å². The molecule has 7 aromatic rings. The lowest BCUT2D eigenvalue weighted by molar-refractivity contribution is 1.28. The van der Waals surface area contributed by atoms with Gasteiger partial charge < -0.3 is 4.90 Å². The van der Waals surface area contributed by atoms with Crippen molar-refractivity contribution in [3.05, 3.63) is 188 Å². The molecule has 204 valence electrons. The third-order valence-electron chi connectivity index (χ3n) is 7.81. The maximum atomic E-state index is 2.36. The molecule has 0 fully saturated rings. The molecular weight excluding hydrogens is 518 g/mol. The van der Waals surface area contributed by atoms with E-state index < -0.39 is 0 Å². The Morgan fingerprint density at radius 3 is 1.07 bits per heavy atom. The van der Waals surface area contributed by atoms with Crippen LogP contribution in [0.5, 0.6) is 0 Å². The standard InChI is InChI=1S/C42H31N/c1-5-15-32(16-6-1)35-21-13-22-36(27-35)37-23-14-26-41(29-37)43(40-24-11-4-12-25-40)42-30-38(33-17-7-2-8-18-33)28-39(31-42)34-19-9-3-10-20-34/h1-31H. The van der Waals surface area contributed by atoms with Crippen molar-refractivity contribution in [2.24, 2.45) is 0 Å². The molecule has 0 saturated heterocycles. The Morgan fingerprint density at radius 1 is 0.209 bits per heavy atom. The summed E-state index contributed by atoms with van der Waals surface area (Å²) < 4.78 is 0. The van der Waals surface area contributed by atoms with Crippen LogP contribution in [0.1, 0.15) is 0 Å². The number of nitrogens with zero attached hydrogens (tertiary/aromatic N) is 1. The average Bonchev–Trinajstić information content (AvgIpc) is 3.10. The molecule has 0 aromatic heterocycles. The monoisotopic (exact) mass is 549 g/mol.